The first-order valence-corrected chi connectivity index (χ1v) is 9.92. The molecule has 5 nitrogen and oxygen atoms in total. The van der Waals surface area contributed by atoms with Crippen LogP contribution < -0.4 is 15.4 Å². The molecule has 1 saturated heterocycles. The average Bonchev–Trinajstić information content (AvgIpc) is 2.67. The third-order valence-corrected chi connectivity index (χ3v) is 5.22. The normalized spacial score (nSPS) is 20.9. The van der Waals surface area contributed by atoms with Crippen LogP contribution in [0.15, 0.2) is 29.3 Å². The SMILES string of the molecule is CCNC(=NCC1CCOc2ccccc21)NC1CCN(CC(F)F)CC1.I. The number of hydrogen-bond acceptors (Lipinski definition) is 3. The van der Waals surface area contributed by atoms with E-state index in [1.165, 1.54) is 5.56 Å². The molecule has 28 heavy (non-hydrogen) atoms. The lowest BCUT2D eigenvalue weighted by Crippen LogP contribution is -2.49. The van der Waals surface area contributed by atoms with Gasteiger partial charge in [-0.05, 0) is 37.8 Å². The van der Waals surface area contributed by atoms with Gasteiger partial charge in [0.1, 0.15) is 5.75 Å². The summed E-state index contributed by atoms with van der Waals surface area (Å²) in [6.07, 6.45) is 0.427. The van der Waals surface area contributed by atoms with Gasteiger partial charge in [0.15, 0.2) is 5.96 Å². The molecule has 2 heterocycles. The van der Waals surface area contributed by atoms with Crippen molar-refractivity contribution in [2.75, 3.05) is 39.3 Å². The Morgan fingerprint density at radius 1 is 1.25 bits per heavy atom. The maximum atomic E-state index is 12.5. The molecule has 1 unspecified atom stereocenters. The van der Waals surface area contributed by atoms with Gasteiger partial charge in [0.25, 0.3) is 6.43 Å². The van der Waals surface area contributed by atoms with Crippen molar-refractivity contribution in [3.05, 3.63) is 29.8 Å². The van der Waals surface area contributed by atoms with Crippen LogP contribution in [0.5, 0.6) is 5.75 Å². The van der Waals surface area contributed by atoms with Crippen LogP contribution in [0.3, 0.4) is 0 Å². The molecule has 2 aliphatic rings. The standard InChI is InChI=1S/C20H30F2N4O.HI/c1-2-23-20(25-16-7-10-26(11-8-16)14-19(21)22)24-13-15-9-12-27-18-6-4-3-5-17(15)18;/h3-6,15-16,19H,2,7-14H2,1H3,(H2,23,24,25);1H. The highest BCUT2D eigenvalue weighted by Crippen LogP contribution is 2.33. The first-order chi connectivity index (χ1) is 13.2. The van der Waals surface area contributed by atoms with Crippen molar-refractivity contribution < 1.29 is 13.5 Å². The minimum absolute atomic E-state index is 0. The molecule has 1 atom stereocenters. The zero-order valence-electron chi connectivity index (χ0n) is 16.4. The van der Waals surface area contributed by atoms with E-state index >= 15 is 0 Å². The smallest absolute Gasteiger partial charge is 0.251 e. The number of nitrogens with one attached hydrogen (secondary N) is 2. The topological polar surface area (TPSA) is 48.9 Å². The van der Waals surface area contributed by atoms with Crippen LogP contribution in [-0.4, -0.2) is 62.7 Å². The number of guanidine groups is 1. The summed E-state index contributed by atoms with van der Waals surface area (Å²) in [5, 5.41) is 6.80. The average molecular weight is 508 g/mol. The van der Waals surface area contributed by atoms with Gasteiger partial charge in [-0.25, -0.2) is 8.78 Å². The van der Waals surface area contributed by atoms with Gasteiger partial charge in [0.2, 0.25) is 0 Å². The Kier molecular flexibility index (Phi) is 9.70. The summed E-state index contributed by atoms with van der Waals surface area (Å²) in [4.78, 5) is 6.64. The number of para-hydroxylation sites is 1. The number of halogens is 3. The van der Waals surface area contributed by atoms with E-state index in [1.807, 2.05) is 30.0 Å². The van der Waals surface area contributed by atoms with Gasteiger partial charge in [0.05, 0.1) is 13.2 Å². The minimum Gasteiger partial charge on any atom is -0.493 e. The summed E-state index contributed by atoms with van der Waals surface area (Å²) < 4.78 is 30.8. The predicted octanol–water partition coefficient (Wildman–Crippen LogP) is 3.46. The molecule has 0 spiro atoms. The highest BCUT2D eigenvalue weighted by molar-refractivity contribution is 14.0. The summed E-state index contributed by atoms with van der Waals surface area (Å²) in [5.41, 5.74) is 1.23. The van der Waals surface area contributed by atoms with Crippen molar-refractivity contribution >= 4 is 29.9 Å². The van der Waals surface area contributed by atoms with Gasteiger partial charge in [-0.2, -0.15) is 0 Å². The van der Waals surface area contributed by atoms with Crippen LogP contribution in [0.25, 0.3) is 0 Å². The van der Waals surface area contributed by atoms with Crippen LogP contribution in [0.1, 0.15) is 37.7 Å². The molecule has 2 N–H and O–H groups in total. The van der Waals surface area contributed by atoms with Gasteiger partial charge in [0, 0.05) is 38.1 Å². The van der Waals surface area contributed by atoms with Gasteiger partial charge >= 0.3 is 0 Å². The molecular formula is C20H31F2IN4O. The molecule has 0 amide bonds. The summed E-state index contributed by atoms with van der Waals surface area (Å²) in [6, 6.07) is 8.45. The van der Waals surface area contributed by atoms with E-state index in [2.05, 4.69) is 16.7 Å². The van der Waals surface area contributed by atoms with Crippen molar-refractivity contribution in [3.63, 3.8) is 0 Å². The van der Waals surface area contributed by atoms with Crippen LogP contribution in [0.2, 0.25) is 0 Å². The van der Waals surface area contributed by atoms with Gasteiger partial charge < -0.3 is 15.4 Å². The molecule has 1 aromatic rings. The lowest BCUT2D eigenvalue weighted by atomic mass is 9.93. The zero-order chi connectivity index (χ0) is 19.1. The molecule has 0 aliphatic carbocycles. The van der Waals surface area contributed by atoms with Crippen molar-refractivity contribution in [2.24, 2.45) is 4.99 Å². The number of likely N-dealkylation sites (tertiary alicyclic amines) is 1. The van der Waals surface area contributed by atoms with Crippen LogP contribution in [0, 0.1) is 0 Å². The van der Waals surface area contributed by atoms with Crippen molar-refractivity contribution in [3.8, 4) is 5.75 Å². The van der Waals surface area contributed by atoms with Gasteiger partial charge in [-0.1, -0.05) is 18.2 Å². The second-order valence-corrected chi connectivity index (χ2v) is 7.20. The predicted molar refractivity (Wildman–Crippen MR) is 119 cm³/mol. The Morgan fingerprint density at radius 3 is 2.71 bits per heavy atom. The van der Waals surface area contributed by atoms with E-state index in [0.29, 0.717) is 25.6 Å². The van der Waals surface area contributed by atoms with E-state index in [-0.39, 0.29) is 36.6 Å². The Balaban J connectivity index is 0.00000280. The molecule has 2 aliphatic heterocycles. The van der Waals surface area contributed by atoms with Crippen molar-refractivity contribution in [1.82, 2.24) is 15.5 Å². The maximum absolute atomic E-state index is 12.5. The first kappa shape index (κ1) is 23.1. The largest absolute Gasteiger partial charge is 0.493 e. The fraction of sp³-hybridized carbons (Fsp3) is 0.650. The van der Waals surface area contributed by atoms with Gasteiger partial charge in [-0.3, -0.25) is 9.89 Å². The molecule has 0 saturated carbocycles. The van der Waals surface area contributed by atoms with Crippen molar-refractivity contribution in [1.29, 1.82) is 0 Å². The Bertz CT molecular complexity index is 624. The molecule has 158 valence electrons. The number of alkyl halides is 2. The number of fused-ring (bicyclic) bond motifs is 1. The number of hydrogen-bond donors (Lipinski definition) is 2. The van der Waals surface area contributed by atoms with Crippen molar-refractivity contribution in [2.45, 2.75) is 44.6 Å². The second-order valence-electron chi connectivity index (χ2n) is 7.20. The monoisotopic (exact) mass is 508 g/mol. The number of aliphatic imine (C=N–C) groups is 1. The Labute approximate surface area is 183 Å². The van der Waals surface area contributed by atoms with Crippen LogP contribution in [0.4, 0.5) is 8.78 Å². The molecule has 0 radical (unpaired) electrons. The van der Waals surface area contributed by atoms with E-state index in [4.69, 9.17) is 9.73 Å². The lowest BCUT2D eigenvalue weighted by molar-refractivity contribution is 0.0744. The molecule has 1 aromatic carbocycles. The highest BCUT2D eigenvalue weighted by Gasteiger charge is 2.23. The molecule has 8 heteroatoms. The summed E-state index contributed by atoms with van der Waals surface area (Å²) in [7, 11) is 0. The number of rotatable bonds is 6. The molecule has 3 rings (SSSR count). The molecule has 0 bridgehead atoms. The number of benzene rings is 1. The zero-order valence-corrected chi connectivity index (χ0v) is 18.7. The third-order valence-electron chi connectivity index (χ3n) is 5.22. The molecular weight excluding hydrogens is 477 g/mol. The first-order valence-electron chi connectivity index (χ1n) is 9.92. The fourth-order valence-corrected chi connectivity index (χ4v) is 3.78. The van der Waals surface area contributed by atoms with E-state index in [0.717, 1.165) is 44.1 Å². The lowest BCUT2D eigenvalue weighted by Gasteiger charge is -2.33. The minimum atomic E-state index is -2.25. The summed E-state index contributed by atoms with van der Waals surface area (Å²) in [5.74, 6) is 2.14. The van der Waals surface area contributed by atoms with E-state index in [1.54, 1.807) is 0 Å². The van der Waals surface area contributed by atoms with Gasteiger partial charge in [-0.15, -0.1) is 24.0 Å². The Morgan fingerprint density at radius 2 is 2.00 bits per heavy atom. The Hall–Kier alpha value is -1.16. The third kappa shape index (κ3) is 6.72. The number of ether oxygens (including phenoxy) is 1. The van der Waals surface area contributed by atoms with Crippen LogP contribution in [-0.2, 0) is 0 Å². The molecule has 1 fully saturated rings. The summed E-state index contributed by atoms with van der Waals surface area (Å²) in [6.45, 7) is 5.56. The quantitative estimate of drug-likeness (QED) is 0.351. The van der Waals surface area contributed by atoms with E-state index in [9.17, 15) is 8.78 Å². The van der Waals surface area contributed by atoms with Crippen LogP contribution >= 0.6 is 24.0 Å². The fourth-order valence-electron chi connectivity index (χ4n) is 3.78. The maximum Gasteiger partial charge on any atom is 0.251 e. The number of piperidine rings is 1. The molecule has 0 aromatic heterocycles. The summed E-state index contributed by atoms with van der Waals surface area (Å²) >= 11 is 0. The second kappa shape index (κ2) is 11.7. The highest BCUT2D eigenvalue weighted by atomic mass is 127. The van der Waals surface area contributed by atoms with E-state index < -0.39 is 6.43 Å². The number of nitrogens with zero attached hydrogens (tertiary/aromatic N) is 2.